The highest BCUT2D eigenvalue weighted by molar-refractivity contribution is 6.07. The molecule has 3 heterocycles. The highest BCUT2D eigenvalue weighted by atomic mass is 19.1. The average Bonchev–Trinajstić information content (AvgIpc) is 3.32. The van der Waals surface area contributed by atoms with Crippen molar-refractivity contribution in [2.24, 2.45) is 7.05 Å². The second-order valence-electron chi connectivity index (χ2n) is 7.90. The third-order valence-corrected chi connectivity index (χ3v) is 5.73. The van der Waals surface area contributed by atoms with Crippen molar-refractivity contribution >= 4 is 16.8 Å². The zero-order valence-electron chi connectivity index (χ0n) is 17.2. The number of halogens is 1. The molecule has 0 radical (unpaired) electrons. The largest absolute Gasteiger partial charge is 0.376 e. The summed E-state index contributed by atoms with van der Waals surface area (Å²) in [6.45, 7) is 1.70. The number of aromatic nitrogens is 3. The van der Waals surface area contributed by atoms with Gasteiger partial charge in [0.25, 0.3) is 5.91 Å². The summed E-state index contributed by atoms with van der Waals surface area (Å²) in [6.07, 6.45) is 6.53. The predicted molar refractivity (Wildman–Crippen MR) is 116 cm³/mol. The summed E-state index contributed by atoms with van der Waals surface area (Å²) in [7, 11) is 1.89. The number of ether oxygens (including phenoxy) is 1. The molecule has 31 heavy (non-hydrogen) atoms. The van der Waals surface area contributed by atoms with E-state index in [0.29, 0.717) is 29.6 Å². The molecule has 1 fully saturated rings. The minimum absolute atomic E-state index is 0.0560. The van der Waals surface area contributed by atoms with Gasteiger partial charge in [0.1, 0.15) is 5.82 Å². The van der Waals surface area contributed by atoms with Crippen molar-refractivity contribution in [3.63, 3.8) is 0 Å². The van der Waals surface area contributed by atoms with Gasteiger partial charge in [-0.15, -0.1) is 0 Å². The normalized spacial score (nSPS) is 15.7. The Hall–Kier alpha value is -3.45. The second kappa shape index (κ2) is 8.00. The van der Waals surface area contributed by atoms with Gasteiger partial charge < -0.3 is 14.6 Å². The maximum absolute atomic E-state index is 14.7. The summed E-state index contributed by atoms with van der Waals surface area (Å²) in [6, 6.07) is 13.1. The molecule has 1 atom stereocenters. The lowest BCUT2D eigenvalue weighted by Crippen LogP contribution is -2.39. The molecule has 6 nitrogen and oxygen atoms in total. The zero-order valence-corrected chi connectivity index (χ0v) is 17.2. The number of fused-ring (bicyclic) bond motifs is 1. The minimum atomic E-state index is -0.395. The molecule has 4 aromatic rings. The molecular formula is C24H23FN4O2. The van der Waals surface area contributed by atoms with Crippen LogP contribution in [0.3, 0.4) is 0 Å². The van der Waals surface area contributed by atoms with Gasteiger partial charge in [-0.25, -0.2) is 4.39 Å². The fourth-order valence-corrected chi connectivity index (χ4v) is 3.93. The molecule has 0 saturated carbocycles. The van der Waals surface area contributed by atoms with Crippen LogP contribution < -0.4 is 5.32 Å². The van der Waals surface area contributed by atoms with E-state index < -0.39 is 5.82 Å². The molecule has 7 heteroatoms. The molecule has 0 bridgehead atoms. The van der Waals surface area contributed by atoms with Crippen LogP contribution >= 0.6 is 0 Å². The van der Waals surface area contributed by atoms with Crippen LogP contribution in [0.2, 0.25) is 0 Å². The van der Waals surface area contributed by atoms with Gasteiger partial charge >= 0.3 is 0 Å². The summed E-state index contributed by atoms with van der Waals surface area (Å²) >= 11 is 0. The molecule has 1 amide bonds. The highest BCUT2D eigenvalue weighted by Gasteiger charge is 2.22. The monoisotopic (exact) mass is 418 g/mol. The van der Waals surface area contributed by atoms with Gasteiger partial charge in [-0.05, 0) is 29.7 Å². The van der Waals surface area contributed by atoms with Gasteiger partial charge in [-0.2, -0.15) is 5.10 Å². The Kier molecular flexibility index (Phi) is 5.03. The van der Waals surface area contributed by atoms with E-state index in [9.17, 15) is 9.18 Å². The van der Waals surface area contributed by atoms with Gasteiger partial charge in [-0.3, -0.25) is 9.48 Å². The first-order valence-electron chi connectivity index (χ1n) is 10.3. The Balaban J connectivity index is 1.41. The molecule has 2 aromatic heterocycles. The SMILES string of the molecule is Cn1cc(-c2ccc(Cn3cc(C(=O)NCC4CCO4)c4c(F)cccc43)cc2)cn1. The van der Waals surface area contributed by atoms with E-state index in [-0.39, 0.29) is 12.0 Å². The van der Waals surface area contributed by atoms with Gasteiger partial charge in [0.05, 0.1) is 23.4 Å². The summed E-state index contributed by atoms with van der Waals surface area (Å²) in [5, 5.41) is 7.43. The van der Waals surface area contributed by atoms with E-state index >= 15 is 0 Å². The van der Waals surface area contributed by atoms with Crippen molar-refractivity contribution < 1.29 is 13.9 Å². The molecule has 1 saturated heterocycles. The van der Waals surface area contributed by atoms with Crippen LogP contribution in [-0.4, -0.2) is 39.5 Å². The number of hydrogen-bond acceptors (Lipinski definition) is 3. The van der Waals surface area contributed by atoms with E-state index in [0.717, 1.165) is 29.7 Å². The Bertz CT molecular complexity index is 1240. The number of nitrogens with one attached hydrogen (secondary N) is 1. The van der Waals surface area contributed by atoms with Crippen molar-refractivity contribution in [2.75, 3.05) is 13.2 Å². The predicted octanol–water partition coefficient (Wildman–Crippen LogP) is 3.75. The lowest BCUT2D eigenvalue weighted by Gasteiger charge is -2.26. The summed E-state index contributed by atoms with van der Waals surface area (Å²) in [4.78, 5) is 12.8. The smallest absolute Gasteiger partial charge is 0.253 e. The van der Waals surface area contributed by atoms with Crippen LogP contribution in [0.4, 0.5) is 4.39 Å². The Labute approximate surface area is 179 Å². The highest BCUT2D eigenvalue weighted by Crippen LogP contribution is 2.26. The number of rotatable bonds is 6. The average molecular weight is 418 g/mol. The number of carbonyl (C=O) groups excluding carboxylic acids is 1. The maximum atomic E-state index is 14.7. The van der Waals surface area contributed by atoms with E-state index in [1.165, 1.54) is 6.07 Å². The van der Waals surface area contributed by atoms with Crippen LogP contribution in [0.5, 0.6) is 0 Å². The van der Waals surface area contributed by atoms with Gasteiger partial charge in [0.15, 0.2) is 0 Å². The number of amides is 1. The van der Waals surface area contributed by atoms with Crippen molar-refractivity contribution in [3.05, 3.63) is 78.0 Å². The van der Waals surface area contributed by atoms with E-state index in [1.807, 2.05) is 54.3 Å². The summed E-state index contributed by atoms with van der Waals surface area (Å²) in [5.41, 5.74) is 4.24. The maximum Gasteiger partial charge on any atom is 0.253 e. The second-order valence-corrected chi connectivity index (χ2v) is 7.90. The number of hydrogen-bond donors (Lipinski definition) is 1. The van der Waals surface area contributed by atoms with Crippen molar-refractivity contribution in [1.29, 1.82) is 0 Å². The Morgan fingerprint density at radius 3 is 2.68 bits per heavy atom. The summed E-state index contributed by atoms with van der Waals surface area (Å²) < 4.78 is 23.7. The van der Waals surface area contributed by atoms with E-state index in [2.05, 4.69) is 10.4 Å². The zero-order chi connectivity index (χ0) is 21.4. The number of aryl methyl sites for hydroxylation is 1. The molecule has 158 valence electrons. The lowest BCUT2D eigenvalue weighted by atomic mass is 10.1. The molecule has 1 unspecified atom stereocenters. The molecular weight excluding hydrogens is 395 g/mol. The van der Waals surface area contributed by atoms with Crippen LogP contribution in [-0.2, 0) is 18.3 Å². The molecule has 0 spiro atoms. The van der Waals surface area contributed by atoms with Gasteiger partial charge in [0.2, 0.25) is 0 Å². The van der Waals surface area contributed by atoms with Crippen molar-refractivity contribution in [2.45, 2.75) is 19.1 Å². The minimum Gasteiger partial charge on any atom is -0.376 e. The fraction of sp³-hybridized carbons (Fsp3) is 0.250. The lowest BCUT2D eigenvalue weighted by molar-refractivity contribution is -0.0472. The quantitative estimate of drug-likeness (QED) is 0.519. The standard InChI is InChI=1S/C24H23FN4O2/c1-28-14-18(11-27-28)17-7-5-16(6-8-17)13-29-15-20(23-21(25)3-2-4-22(23)29)24(30)26-12-19-9-10-31-19/h2-8,11,14-15,19H,9-10,12-13H2,1H3,(H,26,30). The number of carbonyl (C=O) groups is 1. The van der Waals surface area contributed by atoms with Crippen molar-refractivity contribution in [3.8, 4) is 11.1 Å². The van der Waals surface area contributed by atoms with Crippen LogP contribution in [0.25, 0.3) is 22.0 Å². The van der Waals surface area contributed by atoms with Crippen molar-refractivity contribution in [1.82, 2.24) is 19.7 Å². The molecule has 5 rings (SSSR count). The molecule has 1 aliphatic rings. The van der Waals surface area contributed by atoms with Crippen LogP contribution in [0.15, 0.2) is 61.1 Å². The van der Waals surface area contributed by atoms with Crippen LogP contribution in [0.1, 0.15) is 22.3 Å². The number of benzene rings is 2. The third kappa shape index (κ3) is 3.84. The molecule has 2 aromatic carbocycles. The first kappa shape index (κ1) is 19.5. The summed E-state index contributed by atoms with van der Waals surface area (Å²) in [5.74, 6) is -0.676. The van der Waals surface area contributed by atoms with Gasteiger partial charge in [-0.1, -0.05) is 30.3 Å². The Morgan fingerprint density at radius 2 is 2.00 bits per heavy atom. The number of nitrogens with zero attached hydrogens (tertiary/aromatic N) is 3. The molecule has 1 N–H and O–H groups in total. The Morgan fingerprint density at radius 1 is 1.19 bits per heavy atom. The fourth-order valence-electron chi connectivity index (χ4n) is 3.93. The van der Waals surface area contributed by atoms with E-state index in [4.69, 9.17) is 4.74 Å². The van der Waals surface area contributed by atoms with Gasteiger partial charge in [0, 0.05) is 50.1 Å². The molecule has 0 aliphatic carbocycles. The first-order chi connectivity index (χ1) is 15.1. The molecule has 1 aliphatic heterocycles. The van der Waals surface area contributed by atoms with E-state index in [1.54, 1.807) is 16.9 Å². The third-order valence-electron chi connectivity index (χ3n) is 5.73. The topological polar surface area (TPSA) is 61.1 Å². The van der Waals surface area contributed by atoms with Crippen LogP contribution in [0, 0.1) is 5.82 Å². The first-order valence-corrected chi connectivity index (χ1v) is 10.3.